The van der Waals surface area contributed by atoms with E-state index in [-0.39, 0.29) is 23.8 Å². The first-order valence-electron chi connectivity index (χ1n) is 9.64. The van der Waals surface area contributed by atoms with Gasteiger partial charge in [-0.15, -0.1) is 0 Å². The van der Waals surface area contributed by atoms with Gasteiger partial charge in [0.25, 0.3) is 5.91 Å². The van der Waals surface area contributed by atoms with E-state index >= 15 is 0 Å². The molecule has 140 valence electrons. The van der Waals surface area contributed by atoms with Crippen LogP contribution in [-0.2, 0) is 4.79 Å². The second-order valence-corrected chi connectivity index (χ2v) is 7.75. The number of carbonyl (C=O) groups is 2. The number of hydrogen-bond donors (Lipinski definition) is 1. The molecule has 2 aliphatic rings. The monoisotopic (exact) mass is 371 g/mol. The topological polar surface area (TPSA) is 62.3 Å². The summed E-state index contributed by atoms with van der Waals surface area (Å²) in [5, 5.41) is 4.07. The molecule has 0 spiro atoms. The van der Waals surface area contributed by atoms with Crippen molar-refractivity contribution in [3.05, 3.63) is 65.9 Å². The van der Waals surface area contributed by atoms with Gasteiger partial charge in [-0.2, -0.15) is 0 Å². The third kappa shape index (κ3) is 2.83. The molecular formula is C23H21N3O2. The minimum Gasteiger partial charge on any atom is -0.351 e. The van der Waals surface area contributed by atoms with E-state index in [0.717, 1.165) is 27.7 Å². The van der Waals surface area contributed by atoms with Gasteiger partial charge in [-0.05, 0) is 42.3 Å². The standard InChI is InChI=1S/C23H21N3O2/c1-14-5-10-19-18(3-2-4-20(19)24-14)15-6-8-16(9-7-15)23(28)26-12-17-11-22(27)25-21(17)13-26/h2-10,17,21H,11-13H2,1H3,(H,25,27)/t17-,21+/m0/s1. The number of amides is 2. The molecule has 2 atom stereocenters. The van der Waals surface area contributed by atoms with Crippen LogP contribution >= 0.6 is 0 Å². The molecule has 0 radical (unpaired) electrons. The van der Waals surface area contributed by atoms with Crippen molar-refractivity contribution in [1.29, 1.82) is 0 Å². The fourth-order valence-electron chi connectivity index (χ4n) is 4.39. The Bertz CT molecular complexity index is 1070. The molecule has 0 unspecified atom stereocenters. The Kier molecular flexibility index (Phi) is 3.90. The van der Waals surface area contributed by atoms with Crippen LogP contribution in [0.15, 0.2) is 54.6 Å². The Balaban J connectivity index is 1.39. The molecule has 28 heavy (non-hydrogen) atoms. The second kappa shape index (κ2) is 6.44. The molecule has 1 aromatic heterocycles. The van der Waals surface area contributed by atoms with E-state index in [4.69, 9.17) is 0 Å². The van der Waals surface area contributed by atoms with Gasteiger partial charge < -0.3 is 10.2 Å². The number of fused-ring (bicyclic) bond motifs is 2. The maximum Gasteiger partial charge on any atom is 0.253 e. The predicted molar refractivity (Wildman–Crippen MR) is 108 cm³/mol. The summed E-state index contributed by atoms with van der Waals surface area (Å²) >= 11 is 0. The van der Waals surface area contributed by atoms with Crippen LogP contribution < -0.4 is 5.32 Å². The van der Waals surface area contributed by atoms with E-state index in [0.29, 0.717) is 25.1 Å². The molecule has 5 nitrogen and oxygen atoms in total. The van der Waals surface area contributed by atoms with Gasteiger partial charge in [-0.25, -0.2) is 0 Å². The highest BCUT2D eigenvalue weighted by atomic mass is 16.2. The van der Waals surface area contributed by atoms with E-state index in [1.807, 2.05) is 54.3 Å². The van der Waals surface area contributed by atoms with Gasteiger partial charge >= 0.3 is 0 Å². The molecule has 2 fully saturated rings. The first-order chi connectivity index (χ1) is 13.6. The maximum atomic E-state index is 12.9. The van der Waals surface area contributed by atoms with Crippen molar-refractivity contribution in [2.45, 2.75) is 19.4 Å². The summed E-state index contributed by atoms with van der Waals surface area (Å²) in [5.74, 6) is 0.388. The van der Waals surface area contributed by atoms with Gasteiger partial charge in [0.1, 0.15) is 0 Å². The largest absolute Gasteiger partial charge is 0.351 e. The van der Waals surface area contributed by atoms with Gasteiger partial charge in [0.15, 0.2) is 0 Å². The van der Waals surface area contributed by atoms with Crippen LogP contribution in [0, 0.1) is 12.8 Å². The van der Waals surface area contributed by atoms with Crippen molar-refractivity contribution in [3.63, 3.8) is 0 Å². The molecule has 3 aromatic rings. The molecule has 1 N–H and O–H groups in total. The maximum absolute atomic E-state index is 12.9. The van der Waals surface area contributed by atoms with Crippen molar-refractivity contribution in [3.8, 4) is 11.1 Å². The number of aryl methyl sites for hydroxylation is 1. The van der Waals surface area contributed by atoms with Gasteiger partial charge in [0.05, 0.1) is 11.6 Å². The molecule has 2 saturated heterocycles. The summed E-state index contributed by atoms with van der Waals surface area (Å²) < 4.78 is 0. The van der Waals surface area contributed by atoms with Crippen molar-refractivity contribution in [2.24, 2.45) is 5.92 Å². The first kappa shape index (κ1) is 16.9. The number of carbonyl (C=O) groups excluding carboxylic acids is 2. The number of aromatic nitrogens is 1. The number of likely N-dealkylation sites (tertiary alicyclic amines) is 1. The van der Waals surface area contributed by atoms with E-state index in [1.165, 1.54) is 0 Å². The molecule has 5 heteroatoms. The quantitative estimate of drug-likeness (QED) is 0.753. The smallest absolute Gasteiger partial charge is 0.253 e. The summed E-state index contributed by atoms with van der Waals surface area (Å²) in [7, 11) is 0. The Morgan fingerprint density at radius 2 is 1.89 bits per heavy atom. The van der Waals surface area contributed by atoms with E-state index in [2.05, 4.69) is 22.4 Å². The molecule has 0 bridgehead atoms. The van der Waals surface area contributed by atoms with Crippen molar-refractivity contribution in [1.82, 2.24) is 15.2 Å². The Morgan fingerprint density at radius 3 is 2.68 bits per heavy atom. The van der Waals surface area contributed by atoms with Crippen molar-refractivity contribution < 1.29 is 9.59 Å². The SMILES string of the molecule is Cc1ccc2c(-c3ccc(C(=O)N4C[C@@H]5CC(=O)N[C@@H]5C4)cc3)cccc2n1. The lowest BCUT2D eigenvalue weighted by atomic mass is 9.99. The summed E-state index contributed by atoms with van der Waals surface area (Å²) in [5.41, 5.74) is 4.84. The highest BCUT2D eigenvalue weighted by molar-refractivity contribution is 5.97. The van der Waals surface area contributed by atoms with Gasteiger partial charge in [-0.1, -0.05) is 30.3 Å². The predicted octanol–water partition coefficient (Wildman–Crippen LogP) is 3.17. The zero-order valence-corrected chi connectivity index (χ0v) is 15.7. The zero-order chi connectivity index (χ0) is 19.3. The average Bonchev–Trinajstić information content (AvgIpc) is 3.24. The van der Waals surface area contributed by atoms with Gasteiger partial charge in [0.2, 0.25) is 5.91 Å². The Hall–Kier alpha value is -3.21. The Labute approximate surface area is 163 Å². The molecule has 0 saturated carbocycles. The third-order valence-corrected chi connectivity index (χ3v) is 5.84. The summed E-state index contributed by atoms with van der Waals surface area (Å²) in [6, 6.07) is 18.1. The zero-order valence-electron chi connectivity index (χ0n) is 15.7. The molecule has 3 heterocycles. The van der Waals surface area contributed by atoms with Gasteiger partial charge in [-0.3, -0.25) is 14.6 Å². The lowest BCUT2D eigenvalue weighted by Gasteiger charge is -2.17. The van der Waals surface area contributed by atoms with Crippen LogP contribution in [0.1, 0.15) is 22.5 Å². The van der Waals surface area contributed by atoms with Crippen LogP contribution in [0.5, 0.6) is 0 Å². The second-order valence-electron chi connectivity index (χ2n) is 7.75. The molecular weight excluding hydrogens is 350 g/mol. The summed E-state index contributed by atoms with van der Waals surface area (Å²) in [6.45, 7) is 3.24. The van der Waals surface area contributed by atoms with Crippen LogP contribution in [0.3, 0.4) is 0 Å². The van der Waals surface area contributed by atoms with Crippen molar-refractivity contribution >= 4 is 22.7 Å². The van der Waals surface area contributed by atoms with Crippen LogP contribution in [0.4, 0.5) is 0 Å². The molecule has 2 amide bonds. The normalized spacial score (nSPS) is 21.0. The van der Waals surface area contributed by atoms with Crippen molar-refractivity contribution in [2.75, 3.05) is 13.1 Å². The number of nitrogens with one attached hydrogen (secondary N) is 1. The summed E-state index contributed by atoms with van der Waals surface area (Å²) in [4.78, 5) is 30.8. The highest BCUT2D eigenvalue weighted by Gasteiger charge is 2.41. The number of nitrogens with zero attached hydrogens (tertiary/aromatic N) is 2. The van der Waals surface area contributed by atoms with E-state index in [1.54, 1.807) is 0 Å². The number of pyridine rings is 1. The highest BCUT2D eigenvalue weighted by Crippen LogP contribution is 2.30. The number of hydrogen-bond acceptors (Lipinski definition) is 3. The van der Waals surface area contributed by atoms with Crippen LogP contribution in [0.25, 0.3) is 22.0 Å². The Morgan fingerprint density at radius 1 is 1.07 bits per heavy atom. The number of rotatable bonds is 2. The third-order valence-electron chi connectivity index (χ3n) is 5.84. The fourth-order valence-corrected chi connectivity index (χ4v) is 4.39. The molecule has 2 aromatic carbocycles. The summed E-state index contributed by atoms with van der Waals surface area (Å²) in [6.07, 6.45) is 0.530. The lowest BCUT2D eigenvalue weighted by Crippen LogP contribution is -2.35. The minimum atomic E-state index is 0.0328. The molecule has 2 aliphatic heterocycles. The van der Waals surface area contributed by atoms with E-state index in [9.17, 15) is 9.59 Å². The van der Waals surface area contributed by atoms with Crippen LogP contribution in [0.2, 0.25) is 0 Å². The number of benzene rings is 2. The lowest BCUT2D eigenvalue weighted by molar-refractivity contribution is -0.119. The molecule has 5 rings (SSSR count). The first-order valence-corrected chi connectivity index (χ1v) is 9.64. The molecule has 0 aliphatic carbocycles. The average molecular weight is 371 g/mol. The van der Waals surface area contributed by atoms with Crippen LogP contribution in [-0.4, -0.2) is 40.8 Å². The van der Waals surface area contributed by atoms with Gasteiger partial charge in [0, 0.05) is 42.1 Å². The fraction of sp³-hybridized carbons (Fsp3) is 0.261. The minimum absolute atomic E-state index is 0.0328. The van der Waals surface area contributed by atoms with E-state index < -0.39 is 0 Å².